The first-order chi connectivity index (χ1) is 14.6. The smallest absolute Gasteiger partial charge is 0.0561 e. The molecule has 0 fully saturated rings. The third-order valence-corrected chi connectivity index (χ3v) is 3.30. The number of allylic oxidation sites excluding steroid dienone is 7. The lowest BCUT2D eigenvalue weighted by Gasteiger charge is -2.07. The van der Waals surface area contributed by atoms with Crippen molar-refractivity contribution in [2.45, 2.75) is 95.9 Å². The Morgan fingerprint density at radius 1 is 0.935 bits per heavy atom. The van der Waals surface area contributed by atoms with Crippen molar-refractivity contribution in [3.05, 3.63) is 76.4 Å². The second-order valence-electron chi connectivity index (χ2n) is 7.76. The van der Waals surface area contributed by atoms with Crippen molar-refractivity contribution in [3.63, 3.8) is 0 Å². The Labute approximate surface area is 194 Å². The molecular formula is C29H50N2. The van der Waals surface area contributed by atoms with Gasteiger partial charge in [-0.2, -0.15) is 5.10 Å². The first-order valence-electron chi connectivity index (χ1n) is 11.6. The minimum absolute atomic E-state index is 0.998. The summed E-state index contributed by atoms with van der Waals surface area (Å²) in [6.45, 7) is 28.5. The van der Waals surface area contributed by atoms with Gasteiger partial charge in [-0.25, -0.2) is 0 Å². The highest BCUT2D eigenvalue weighted by atomic mass is 15.3. The minimum Gasteiger partial charge on any atom is -0.279 e. The van der Waals surface area contributed by atoms with Gasteiger partial charge in [-0.15, -0.1) is 6.58 Å². The second kappa shape index (κ2) is 22.3. The summed E-state index contributed by atoms with van der Waals surface area (Å²) in [7, 11) is 0. The number of hydrogen-bond acceptors (Lipinski definition) is 2. The van der Waals surface area contributed by atoms with Gasteiger partial charge in [0.05, 0.1) is 11.9 Å². The number of nitrogens with zero attached hydrogens (tertiary/aromatic N) is 1. The molecule has 0 heterocycles. The van der Waals surface area contributed by atoms with Crippen LogP contribution in [0.5, 0.6) is 0 Å². The molecule has 1 N–H and O–H groups in total. The van der Waals surface area contributed by atoms with E-state index in [1.807, 2.05) is 46.0 Å². The Bertz CT molecular complexity index is 691. The number of aryl methyl sites for hydroxylation is 1. The predicted octanol–water partition coefficient (Wildman–Crippen LogP) is 10.1. The van der Waals surface area contributed by atoms with E-state index in [4.69, 9.17) is 0 Å². The number of hydrogen-bond donors (Lipinski definition) is 1. The van der Waals surface area contributed by atoms with E-state index in [-0.39, 0.29) is 0 Å². The molecule has 31 heavy (non-hydrogen) atoms. The standard InChI is InChI=1S/C20H28N2.C4H8.C3H8.C2H6/c1-7-8-17(5)20(18(6)13-15(2)3)14-21-22-19-11-9-16(4)10-12-19;1-4(2)3;1-3-2;1-2/h8-14,22H,7H2,1-6H3;1H2,2-3H3;3H2,1-2H3;1-2H3/b17-8+,20-18-,21-14+;;;. The summed E-state index contributed by atoms with van der Waals surface area (Å²) in [5, 5.41) is 4.40. The fourth-order valence-corrected chi connectivity index (χ4v) is 2.24. The monoisotopic (exact) mass is 426 g/mol. The largest absolute Gasteiger partial charge is 0.279 e. The van der Waals surface area contributed by atoms with Crippen molar-refractivity contribution >= 4 is 11.9 Å². The first-order valence-corrected chi connectivity index (χ1v) is 11.6. The molecule has 0 atom stereocenters. The van der Waals surface area contributed by atoms with Crippen molar-refractivity contribution in [1.82, 2.24) is 0 Å². The van der Waals surface area contributed by atoms with Crippen LogP contribution in [-0.4, -0.2) is 6.21 Å². The molecule has 0 bridgehead atoms. The lowest BCUT2D eigenvalue weighted by molar-refractivity contribution is 1.09. The molecule has 0 amide bonds. The molecule has 0 saturated carbocycles. The zero-order valence-electron chi connectivity index (χ0n) is 22.6. The summed E-state index contributed by atoms with van der Waals surface area (Å²) in [6.07, 6.45) is 8.61. The minimum atomic E-state index is 0.998. The maximum absolute atomic E-state index is 4.40. The molecule has 1 rings (SSSR count). The van der Waals surface area contributed by atoms with Crippen LogP contribution < -0.4 is 5.43 Å². The predicted molar refractivity (Wildman–Crippen MR) is 147 cm³/mol. The topological polar surface area (TPSA) is 24.4 Å². The van der Waals surface area contributed by atoms with E-state index in [0.717, 1.165) is 12.1 Å². The molecule has 2 heteroatoms. The van der Waals surface area contributed by atoms with Crippen molar-refractivity contribution < 1.29 is 0 Å². The van der Waals surface area contributed by atoms with Gasteiger partial charge in [0.1, 0.15) is 0 Å². The van der Waals surface area contributed by atoms with Gasteiger partial charge in [0.15, 0.2) is 0 Å². The molecule has 0 saturated heterocycles. The molecule has 1 aromatic carbocycles. The molecule has 0 aliphatic rings. The zero-order chi connectivity index (χ0) is 24.8. The van der Waals surface area contributed by atoms with Crippen LogP contribution in [-0.2, 0) is 0 Å². The normalized spacial score (nSPS) is 10.9. The van der Waals surface area contributed by atoms with E-state index in [1.54, 1.807) is 0 Å². The number of rotatable bonds is 6. The Hall–Kier alpha value is -2.35. The molecule has 1 aromatic rings. The third-order valence-electron chi connectivity index (χ3n) is 3.30. The molecule has 0 aromatic heterocycles. The Balaban J connectivity index is -0.000000745. The maximum atomic E-state index is 4.40. The lowest BCUT2D eigenvalue weighted by Crippen LogP contribution is -1.96. The van der Waals surface area contributed by atoms with Gasteiger partial charge >= 0.3 is 0 Å². The molecule has 0 spiro atoms. The summed E-state index contributed by atoms with van der Waals surface area (Å²) in [6, 6.07) is 8.22. The van der Waals surface area contributed by atoms with Crippen LogP contribution in [0, 0.1) is 6.92 Å². The second-order valence-corrected chi connectivity index (χ2v) is 7.76. The van der Waals surface area contributed by atoms with Crippen LogP contribution >= 0.6 is 0 Å². The Kier molecular flexibility index (Phi) is 24.0. The van der Waals surface area contributed by atoms with Crippen molar-refractivity contribution in [3.8, 4) is 0 Å². The van der Waals surface area contributed by atoms with Crippen LogP contribution in [0.2, 0.25) is 0 Å². The SMILES string of the molecule is C=C(C)C.CC.CC/C=C(C)/C(/C=N/Nc1ccc(C)cc1)=C(/C)C=C(C)C.CCC. The Morgan fingerprint density at radius 2 is 1.39 bits per heavy atom. The summed E-state index contributed by atoms with van der Waals surface area (Å²) in [5.41, 5.74) is 11.5. The number of hydrazone groups is 1. The van der Waals surface area contributed by atoms with E-state index < -0.39 is 0 Å². The van der Waals surface area contributed by atoms with Crippen LogP contribution in [0.25, 0.3) is 0 Å². The molecule has 0 aliphatic heterocycles. The molecule has 176 valence electrons. The van der Waals surface area contributed by atoms with Crippen LogP contribution in [0.3, 0.4) is 0 Å². The average molecular weight is 427 g/mol. The Morgan fingerprint density at radius 3 is 1.77 bits per heavy atom. The highest BCUT2D eigenvalue weighted by Gasteiger charge is 2.01. The van der Waals surface area contributed by atoms with E-state index in [2.05, 4.69) is 96.8 Å². The molecule has 0 aliphatic carbocycles. The van der Waals surface area contributed by atoms with Gasteiger partial charge in [-0.1, -0.05) is 82.0 Å². The third kappa shape index (κ3) is 22.2. The average Bonchev–Trinajstić information content (AvgIpc) is 2.68. The van der Waals surface area contributed by atoms with Gasteiger partial charge in [-0.3, -0.25) is 5.43 Å². The van der Waals surface area contributed by atoms with Gasteiger partial charge in [0.25, 0.3) is 0 Å². The quantitative estimate of drug-likeness (QED) is 0.208. The fourth-order valence-electron chi connectivity index (χ4n) is 2.24. The van der Waals surface area contributed by atoms with Crippen LogP contribution in [0.4, 0.5) is 5.69 Å². The van der Waals surface area contributed by atoms with Gasteiger partial charge in [0.2, 0.25) is 0 Å². The highest BCUT2D eigenvalue weighted by Crippen LogP contribution is 2.16. The van der Waals surface area contributed by atoms with Gasteiger partial charge < -0.3 is 0 Å². The fraction of sp³-hybridized carbons (Fsp3) is 0.483. The van der Waals surface area contributed by atoms with Crippen LogP contribution in [0.1, 0.15) is 94.6 Å². The molecule has 0 radical (unpaired) electrons. The summed E-state index contributed by atoms with van der Waals surface area (Å²) in [5.74, 6) is 0. The zero-order valence-corrected chi connectivity index (χ0v) is 22.6. The highest BCUT2D eigenvalue weighted by molar-refractivity contribution is 5.86. The van der Waals surface area contributed by atoms with Gasteiger partial charge in [0, 0.05) is 5.57 Å². The maximum Gasteiger partial charge on any atom is 0.0561 e. The van der Waals surface area contributed by atoms with Crippen molar-refractivity contribution in [1.29, 1.82) is 0 Å². The number of nitrogens with one attached hydrogen (secondary N) is 1. The van der Waals surface area contributed by atoms with Gasteiger partial charge in [-0.05, 0) is 78.2 Å². The first kappa shape index (κ1) is 33.3. The molecule has 2 nitrogen and oxygen atoms in total. The number of anilines is 1. The molecular weight excluding hydrogens is 376 g/mol. The summed E-state index contributed by atoms with van der Waals surface area (Å²) >= 11 is 0. The summed E-state index contributed by atoms with van der Waals surface area (Å²) < 4.78 is 0. The van der Waals surface area contributed by atoms with E-state index in [9.17, 15) is 0 Å². The molecule has 0 unspecified atom stereocenters. The lowest BCUT2D eigenvalue weighted by atomic mass is 10.0. The van der Waals surface area contributed by atoms with Crippen molar-refractivity contribution in [2.75, 3.05) is 5.43 Å². The van der Waals surface area contributed by atoms with E-state index in [1.165, 1.54) is 39.8 Å². The van der Waals surface area contributed by atoms with E-state index in [0.29, 0.717) is 0 Å². The van der Waals surface area contributed by atoms with Crippen LogP contribution in [0.15, 0.2) is 76.0 Å². The summed E-state index contributed by atoms with van der Waals surface area (Å²) in [4.78, 5) is 0. The van der Waals surface area contributed by atoms with Crippen molar-refractivity contribution in [2.24, 2.45) is 5.10 Å². The number of benzene rings is 1. The van der Waals surface area contributed by atoms with E-state index >= 15 is 0 Å².